The van der Waals surface area contributed by atoms with E-state index >= 15 is 0 Å². The van der Waals surface area contributed by atoms with Gasteiger partial charge in [-0.1, -0.05) is 105 Å². The van der Waals surface area contributed by atoms with Crippen molar-refractivity contribution in [1.82, 2.24) is 4.57 Å². The Morgan fingerprint density at radius 1 is 0.474 bits per heavy atom. The number of hydrogen-bond acceptors (Lipinski definition) is 0. The lowest BCUT2D eigenvalue weighted by atomic mass is 9.74. The van der Waals surface area contributed by atoms with Crippen molar-refractivity contribution in [3.63, 3.8) is 0 Å². The van der Waals surface area contributed by atoms with Gasteiger partial charge in [0, 0.05) is 16.2 Å². The maximum atomic E-state index is 2.50. The maximum Gasteiger partial charge on any atom is 0.0582 e. The molecule has 0 spiro atoms. The third-order valence-corrected chi connectivity index (χ3v) is 8.54. The number of rotatable bonds is 2. The Bertz CT molecular complexity index is 2040. The average Bonchev–Trinajstić information content (AvgIpc) is 3.30. The van der Waals surface area contributed by atoms with Crippen LogP contribution in [-0.2, 0) is 5.41 Å². The number of fused-ring (bicyclic) bond motifs is 6. The van der Waals surface area contributed by atoms with E-state index in [0.717, 1.165) is 0 Å². The number of benzene rings is 6. The molecule has 7 aromatic rings. The fourth-order valence-corrected chi connectivity index (χ4v) is 6.56. The Labute approximate surface area is 222 Å². The van der Waals surface area contributed by atoms with Crippen LogP contribution in [0.1, 0.15) is 25.0 Å². The number of aromatic nitrogens is 1. The summed E-state index contributed by atoms with van der Waals surface area (Å²) < 4.78 is 2.50. The van der Waals surface area contributed by atoms with Crippen LogP contribution < -0.4 is 0 Å². The van der Waals surface area contributed by atoms with Crippen molar-refractivity contribution >= 4 is 32.6 Å². The summed E-state index contributed by atoms with van der Waals surface area (Å²) in [7, 11) is 0. The van der Waals surface area contributed by atoms with Gasteiger partial charge in [0.25, 0.3) is 0 Å². The molecule has 8 rings (SSSR count). The molecule has 0 saturated carbocycles. The molecule has 1 aromatic heterocycles. The molecular formula is C37H27N. The van der Waals surface area contributed by atoms with E-state index in [-0.39, 0.29) is 5.41 Å². The van der Waals surface area contributed by atoms with Gasteiger partial charge in [-0.2, -0.15) is 0 Å². The third kappa shape index (κ3) is 2.93. The highest BCUT2D eigenvalue weighted by atomic mass is 15.0. The van der Waals surface area contributed by atoms with Gasteiger partial charge >= 0.3 is 0 Å². The predicted octanol–water partition coefficient (Wildman–Crippen LogP) is 9.91. The second kappa shape index (κ2) is 7.69. The molecule has 0 unspecified atom stereocenters. The molecule has 0 radical (unpaired) electrons. The largest absolute Gasteiger partial charge is 0.309 e. The molecule has 0 aliphatic carbocycles. The lowest BCUT2D eigenvalue weighted by molar-refractivity contribution is 0.630. The maximum absolute atomic E-state index is 2.50. The standard InChI is InChI=1S/C37H27N/c1-37(2)32-14-8-9-15-35(32)38-34-19-18-28(27-17-16-25-12-6-7-13-26(25)20-27)21-30(34)31-22-29(23-33(37)36(31)38)24-10-4-3-5-11-24/h3-23H,1-2H3. The molecule has 1 aliphatic heterocycles. The molecule has 1 heteroatoms. The first kappa shape index (κ1) is 21.5. The fraction of sp³-hybridized carbons (Fsp3) is 0.0811. The number of nitrogens with zero attached hydrogens (tertiary/aromatic N) is 1. The zero-order chi connectivity index (χ0) is 25.4. The molecule has 180 valence electrons. The number of para-hydroxylation sites is 1. The van der Waals surface area contributed by atoms with E-state index in [4.69, 9.17) is 0 Å². The first-order valence-electron chi connectivity index (χ1n) is 13.4. The smallest absolute Gasteiger partial charge is 0.0582 e. The summed E-state index contributed by atoms with van der Waals surface area (Å²) in [5.74, 6) is 0. The van der Waals surface area contributed by atoms with Gasteiger partial charge in [-0.15, -0.1) is 0 Å². The molecule has 1 aliphatic rings. The molecule has 0 amide bonds. The summed E-state index contributed by atoms with van der Waals surface area (Å²) in [6.45, 7) is 4.74. The predicted molar refractivity (Wildman–Crippen MR) is 161 cm³/mol. The van der Waals surface area contributed by atoms with Gasteiger partial charge in [0.1, 0.15) is 0 Å². The molecule has 1 nitrogen and oxygen atoms in total. The van der Waals surface area contributed by atoms with Crippen molar-refractivity contribution in [2.45, 2.75) is 19.3 Å². The van der Waals surface area contributed by atoms with Crippen LogP contribution in [0.15, 0.2) is 127 Å². The summed E-state index contributed by atoms with van der Waals surface area (Å²) in [5.41, 5.74) is 11.6. The minimum absolute atomic E-state index is 0.106. The van der Waals surface area contributed by atoms with Crippen molar-refractivity contribution in [2.75, 3.05) is 0 Å². The van der Waals surface area contributed by atoms with Crippen LogP contribution in [-0.4, -0.2) is 4.57 Å². The van der Waals surface area contributed by atoms with Crippen LogP contribution in [0.4, 0.5) is 0 Å². The van der Waals surface area contributed by atoms with Crippen LogP contribution in [0.3, 0.4) is 0 Å². The SMILES string of the molecule is CC1(C)c2ccccc2-n2c3ccc(-c4ccc5ccccc5c4)cc3c3cc(-c4ccccc4)cc1c32. The molecule has 6 aromatic carbocycles. The average molecular weight is 486 g/mol. The Kier molecular flexibility index (Phi) is 4.35. The van der Waals surface area contributed by atoms with Crippen molar-refractivity contribution < 1.29 is 0 Å². The van der Waals surface area contributed by atoms with Crippen LogP contribution in [0, 0.1) is 0 Å². The summed E-state index contributed by atoms with van der Waals surface area (Å²) >= 11 is 0. The minimum Gasteiger partial charge on any atom is -0.309 e. The van der Waals surface area contributed by atoms with E-state index in [1.54, 1.807) is 0 Å². The van der Waals surface area contributed by atoms with E-state index in [0.29, 0.717) is 0 Å². The highest BCUT2D eigenvalue weighted by Crippen LogP contribution is 2.49. The van der Waals surface area contributed by atoms with Gasteiger partial charge in [-0.05, 0) is 80.6 Å². The second-order valence-electron chi connectivity index (χ2n) is 11.1. The first-order chi connectivity index (χ1) is 18.6. The monoisotopic (exact) mass is 485 g/mol. The Morgan fingerprint density at radius 3 is 2.03 bits per heavy atom. The van der Waals surface area contributed by atoms with Crippen LogP contribution >= 0.6 is 0 Å². The molecule has 0 atom stereocenters. The molecule has 0 fully saturated rings. The quantitative estimate of drug-likeness (QED) is 0.230. The van der Waals surface area contributed by atoms with Gasteiger partial charge in [-0.3, -0.25) is 0 Å². The molecule has 0 saturated heterocycles. The summed E-state index contributed by atoms with van der Waals surface area (Å²) in [5, 5.41) is 5.17. The summed E-state index contributed by atoms with van der Waals surface area (Å²) in [6.07, 6.45) is 0. The van der Waals surface area contributed by atoms with Crippen LogP contribution in [0.25, 0.3) is 60.5 Å². The second-order valence-corrected chi connectivity index (χ2v) is 11.1. The molecule has 0 bridgehead atoms. The van der Waals surface area contributed by atoms with E-state index in [9.17, 15) is 0 Å². The highest BCUT2D eigenvalue weighted by molar-refractivity contribution is 6.14. The Balaban J connectivity index is 1.48. The van der Waals surface area contributed by atoms with Crippen molar-refractivity contribution in [3.8, 4) is 27.9 Å². The van der Waals surface area contributed by atoms with Crippen LogP contribution in [0.5, 0.6) is 0 Å². The van der Waals surface area contributed by atoms with Gasteiger partial charge in [0.05, 0.1) is 16.7 Å². The number of hydrogen-bond donors (Lipinski definition) is 0. The van der Waals surface area contributed by atoms with E-state index < -0.39 is 0 Å². The minimum atomic E-state index is -0.106. The fourth-order valence-electron chi connectivity index (χ4n) is 6.56. The van der Waals surface area contributed by atoms with E-state index in [2.05, 4.69) is 146 Å². The van der Waals surface area contributed by atoms with Crippen LogP contribution in [0.2, 0.25) is 0 Å². The van der Waals surface area contributed by atoms with Gasteiger partial charge in [0.2, 0.25) is 0 Å². The van der Waals surface area contributed by atoms with E-state index in [1.807, 2.05) is 0 Å². The summed E-state index contributed by atoms with van der Waals surface area (Å²) in [4.78, 5) is 0. The lowest BCUT2D eigenvalue weighted by Gasteiger charge is -2.35. The van der Waals surface area contributed by atoms with Crippen molar-refractivity contribution in [2.24, 2.45) is 0 Å². The van der Waals surface area contributed by atoms with Crippen molar-refractivity contribution in [1.29, 1.82) is 0 Å². The Morgan fingerprint density at radius 2 is 1.16 bits per heavy atom. The molecule has 0 N–H and O–H groups in total. The zero-order valence-electron chi connectivity index (χ0n) is 21.6. The third-order valence-electron chi connectivity index (χ3n) is 8.54. The van der Waals surface area contributed by atoms with Gasteiger partial charge in [-0.25, -0.2) is 0 Å². The Hall–Kier alpha value is -4.62. The van der Waals surface area contributed by atoms with E-state index in [1.165, 1.54) is 71.6 Å². The zero-order valence-corrected chi connectivity index (χ0v) is 21.6. The van der Waals surface area contributed by atoms with Gasteiger partial charge < -0.3 is 4.57 Å². The molecule has 38 heavy (non-hydrogen) atoms. The normalized spacial score (nSPS) is 13.7. The topological polar surface area (TPSA) is 4.93 Å². The molecule has 2 heterocycles. The van der Waals surface area contributed by atoms with Crippen molar-refractivity contribution in [3.05, 3.63) is 139 Å². The lowest BCUT2D eigenvalue weighted by Crippen LogP contribution is -2.26. The van der Waals surface area contributed by atoms with Gasteiger partial charge in [0.15, 0.2) is 0 Å². The first-order valence-corrected chi connectivity index (χ1v) is 13.4. The summed E-state index contributed by atoms with van der Waals surface area (Å²) in [6, 6.07) is 46.9. The molecular weight excluding hydrogens is 458 g/mol. The highest BCUT2D eigenvalue weighted by Gasteiger charge is 2.35.